The number of hydrogen-bond donors (Lipinski definition) is 1. The molecule has 0 saturated carbocycles. The first-order valence-corrected chi connectivity index (χ1v) is 12.6. The van der Waals surface area contributed by atoms with E-state index in [0.29, 0.717) is 38.8 Å². The van der Waals surface area contributed by atoms with Crippen LogP contribution in [0.5, 0.6) is 0 Å². The molecule has 0 bridgehead atoms. The second kappa shape index (κ2) is 8.83. The molecule has 176 valence electrons. The highest BCUT2D eigenvalue weighted by molar-refractivity contribution is 7.16. The molecule has 0 unspecified atom stereocenters. The van der Waals surface area contributed by atoms with Crippen LogP contribution >= 0.6 is 11.3 Å². The van der Waals surface area contributed by atoms with E-state index in [0.717, 1.165) is 30.2 Å². The molecule has 0 radical (unpaired) electrons. The Bertz CT molecular complexity index is 1530. The van der Waals surface area contributed by atoms with Gasteiger partial charge < -0.3 is 9.73 Å². The van der Waals surface area contributed by atoms with Crippen LogP contribution in [0, 0.1) is 22.7 Å². The maximum absolute atomic E-state index is 13.0. The van der Waals surface area contributed by atoms with E-state index in [9.17, 15) is 14.9 Å². The summed E-state index contributed by atoms with van der Waals surface area (Å²) in [5.41, 5.74) is 3.60. The number of carbonyl (C=O) groups excluding carboxylic acids is 1. The van der Waals surface area contributed by atoms with E-state index in [1.54, 1.807) is 36.4 Å². The zero-order chi connectivity index (χ0) is 24.7. The SMILES string of the molecule is CC(C)(C)[C@H]1CCc2c(sc(NC(=O)c3ccc(-c4cc5ccccc5oc4=O)cc3)c2C#N)C1. The summed E-state index contributed by atoms with van der Waals surface area (Å²) in [5.74, 6) is 0.286. The molecular weight excluding hydrogens is 456 g/mol. The van der Waals surface area contributed by atoms with Crippen molar-refractivity contribution in [1.29, 1.82) is 5.26 Å². The Morgan fingerprint density at radius 3 is 2.60 bits per heavy atom. The lowest BCUT2D eigenvalue weighted by Gasteiger charge is -2.33. The summed E-state index contributed by atoms with van der Waals surface area (Å²) in [6, 6.07) is 18.3. The first-order chi connectivity index (χ1) is 16.7. The van der Waals surface area contributed by atoms with Gasteiger partial charge in [-0.1, -0.05) is 51.1 Å². The summed E-state index contributed by atoms with van der Waals surface area (Å²) >= 11 is 1.52. The highest BCUT2D eigenvalue weighted by atomic mass is 32.1. The average Bonchev–Trinajstić information content (AvgIpc) is 3.19. The summed E-state index contributed by atoms with van der Waals surface area (Å²) in [6.07, 6.45) is 2.87. The lowest BCUT2D eigenvalue weighted by Crippen LogP contribution is -2.26. The number of para-hydroxylation sites is 1. The number of fused-ring (bicyclic) bond motifs is 2. The van der Waals surface area contributed by atoms with Crippen LogP contribution in [0.3, 0.4) is 0 Å². The van der Waals surface area contributed by atoms with Gasteiger partial charge in [0, 0.05) is 15.8 Å². The minimum Gasteiger partial charge on any atom is -0.422 e. The molecule has 5 rings (SSSR count). The van der Waals surface area contributed by atoms with Gasteiger partial charge in [-0.15, -0.1) is 11.3 Å². The number of hydrogen-bond acceptors (Lipinski definition) is 5. The largest absolute Gasteiger partial charge is 0.422 e. The summed E-state index contributed by atoms with van der Waals surface area (Å²) in [5, 5.41) is 14.2. The average molecular weight is 483 g/mol. The first kappa shape index (κ1) is 23.1. The molecule has 1 aliphatic rings. The molecule has 2 aromatic heterocycles. The smallest absolute Gasteiger partial charge is 0.344 e. The van der Waals surface area contributed by atoms with Crippen LogP contribution in [0.15, 0.2) is 63.8 Å². The molecule has 1 amide bonds. The van der Waals surface area contributed by atoms with Crippen LogP contribution in [0.2, 0.25) is 0 Å². The third-order valence-electron chi connectivity index (χ3n) is 6.93. The number of rotatable bonds is 3. The van der Waals surface area contributed by atoms with Crippen LogP contribution < -0.4 is 10.9 Å². The number of carbonyl (C=O) groups is 1. The van der Waals surface area contributed by atoms with E-state index in [-0.39, 0.29) is 11.3 Å². The van der Waals surface area contributed by atoms with Gasteiger partial charge in [0.1, 0.15) is 16.7 Å². The molecule has 2 heterocycles. The van der Waals surface area contributed by atoms with Crippen molar-refractivity contribution < 1.29 is 9.21 Å². The second-order valence-corrected chi connectivity index (χ2v) is 11.2. The molecule has 5 nitrogen and oxygen atoms in total. The van der Waals surface area contributed by atoms with Crippen molar-refractivity contribution >= 4 is 33.2 Å². The Kier molecular flexibility index (Phi) is 5.82. The lowest BCUT2D eigenvalue weighted by molar-refractivity contribution is 0.102. The van der Waals surface area contributed by atoms with Crippen molar-refractivity contribution in [1.82, 2.24) is 0 Å². The predicted molar refractivity (Wildman–Crippen MR) is 140 cm³/mol. The maximum Gasteiger partial charge on any atom is 0.344 e. The van der Waals surface area contributed by atoms with Crippen LogP contribution in [-0.4, -0.2) is 5.91 Å². The number of anilines is 1. The molecule has 0 spiro atoms. The van der Waals surface area contributed by atoms with E-state index < -0.39 is 5.63 Å². The molecule has 0 fully saturated rings. The van der Waals surface area contributed by atoms with Crippen molar-refractivity contribution in [3.8, 4) is 17.2 Å². The molecule has 6 heteroatoms. The van der Waals surface area contributed by atoms with Gasteiger partial charge in [-0.05, 0) is 66.0 Å². The Morgan fingerprint density at radius 2 is 1.89 bits per heavy atom. The number of amides is 1. The number of nitrogens with zero attached hydrogens (tertiary/aromatic N) is 1. The molecule has 0 saturated heterocycles. The van der Waals surface area contributed by atoms with Gasteiger partial charge in [-0.25, -0.2) is 4.79 Å². The molecule has 1 atom stereocenters. The second-order valence-electron chi connectivity index (χ2n) is 10.1. The fraction of sp³-hybridized carbons (Fsp3) is 0.276. The van der Waals surface area contributed by atoms with E-state index in [1.807, 2.05) is 18.2 Å². The summed E-state index contributed by atoms with van der Waals surface area (Å²) < 4.78 is 5.43. The van der Waals surface area contributed by atoms with Crippen molar-refractivity contribution in [2.24, 2.45) is 11.3 Å². The third kappa shape index (κ3) is 4.40. The van der Waals surface area contributed by atoms with Crippen molar-refractivity contribution in [2.45, 2.75) is 40.0 Å². The first-order valence-electron chi connectivity index (χ1n) is 11.7. The molecular formula is C29H26N2O3S. The topological polar surface area (TPSA) is 83.1 Å². The van der Waals surface area contributed by atoms with E-state index in [1.165, 1.54) is 16.2 Å². The molecule has 4 aromatic rings. The van der Waals surface area contributed by atoms with Crippen LogP contribution in [0.1, 0.15) is 53.6 Å². The van der Waals surface area contributed by atoms with Gasteiger partial charge in [0.25, 0.3) is 5.91 Å². The number of nitrogens with one attached hydrogen (secondary N) is 1. The summed E-state index contributed by atoms with van der Waals surface area (Å²) in [7, 11) is 0. The zero-order valence-corrected chi connectivity index (χ0v) is 20.8. The monoisotopic (exact) mass is 482 g/mol. The highest BCUT2D eigenvalue weighted by Gasteiger charge is 2.32. The summed E-state index contributed by atoms with van der Waals surface area (Å²) in [6.45, 7) is 6.78. The molecule has 1 aliphatic carbocycles. The van der Waals surface area contributed by atoms with Crippen LogP contribution in [0.25, 0.3) is 22.1 Å². The van der Waals surface area contributed by atoms with E-state index in [4.69, 9.17) is 4.42 Å². The molecule has 35 heavy (non-hydrogen) atoms. The fourth-order valence-corrected chi connectivity index (χ4v) is 6.04. The van der Waals surface area contributed by atoms with Gasteiger partial charge >= 0.3 is 5.63 Å². The fourth-order valence-electron chi connectivity index (χ4n) is 4.77. The third-order valence-corrected chi connectivity index (χ3v) is 8.10. The number of nitriles is 1. The summed E-state index contributed by atoms with van der Waals surface area (Å²) in [4.78, 5) is 26.7. The van der Waals surface area contributed by atoms with Crippen LogP contribution in [-0.2, 0) is 12.8 Å². The Labute approximate surface area is 208 Å². The molecule has 1 N–H and O–H groups in total. The number of benzene rings is 2. The van der Waals surface area contributed by atoms with Crippen molar-refractivity contribution in [3.63, 3.8) is 0 Å². The minimum absolute atomic E-state index is 0.210. The van der Waals surface area contributed by atoms with Crippen molar-refractivity contribution in [2.75, 3.05) is 5.32 Å². The normalized spacial score (nSPS) is 15.4. The Hall–Kier alpha value is -3.69. The van der Waals surface area contributed by atoms with Gasteiger partial charge in [0.15, 0.2) is 0 Å². The Morgan fingerprint density at radius 1 is 1.14 bits per heavy atom. The minimum atomic E-state index is -0.419. The predicted octanol–water partition coefficient (Wildman–Crippen LogP) is 6.80. The Balaban J connectivity index is 1.38. The van der Waals surface area contributed by atoms with Gasteiger partial charge in [0.2, 0.25) is 0 Å². The molecule has 2 aromatic carbocycles. The van der Waals surface area contributed by atoms with Gasteiger partial charge in [-0.3, -0.25) is 4.79 Å². The number of thiophene rings is 1. The van der Waals surface area contributed by atoms with Crippen molar-refractivity contribution in [3.05, 3.63) is 86.6 Å². The lowest BCUT2D eigenvalue weighted by atomic mass is 9.72. The highest BCUT2D eigenvalue weighted by Crippen LogP contribution is 2.44. The van der Waals surface area contributed by atoms with E-state index in [2.05, 4.69) is 32.2 Å². The van der Waals surface area contributed by atoms with Gasteiger partial charge in [-0.2, -0.15) is 5.26 Å². The maximum atomic E-state index is 13.0. The van der Waals surface area contributed by atoms with E-state index >= 15 is 0 Å². The zero-order valence-electron chi connectivity index (χ0n) is 20.0. The van der Waals surface area contributed by atoms with Gasteiger partial charge in [0.05, 0.1) is 11.1 Å². The van der Waals surface area contributed by atoms with Crippen LogP contribution in [0.4, 0.5) is 5.00 Å². The standard InChI is InChI=1S/C29H26N2O3S/c1-29(2,3)20-12-13-21-23(16-30)27(35-25(21)15-20)31-26(32)18-10-8-17(9-11-18)22-14-19-6-4-5-7-24(19)34-28(22)33/h4-11,14,20H,12-13,15H2,1-3H3,(H,31,32)/t20-/m0/s1. The quantitative estimate of drug-likeness (QED) is 0.326. The molecule has 0 aliphatic heterocycles.